The van der Waals surface area contributed by atoms with Crippen LogP contribution in [0.25, 0.3) is 0 Å². The van der Waals surface area contributed by atoms with Crippen LogP contribution < -0.4 is 5.32 Å². The number of aldehydes is 1. The molecule has 2 aliphatic rings. The molecule has 0 saturated carbocycles. The highest BCUT2D eigenvalue weighted by atomic mass is 32.2. The number of benzene rings is 1. The van der Waals surface area contributed by atoms with Gasteiger partial charge in [0.1, 0.15) is 6.29 Å². The Hall–Kier alpha value is -1.83. The molecule has 1 N–H and O–H groups in total. The van der Waals surface area contributed by atoms with Crippen LogP contribution in [0.15, 0.2) is 41.8 Å². The number of likely N-dealkylation sites (tertiary alicyclic amines) is 1. The molecular weight excluding hydrogens is 372 g/mol. The molecule has 0 atom stereocenters. The smallest absolute Gasteiger partial charge is 0.236 e. The Kier molecular flexibility index (Phi) is 10.1. The number of nitrogens with one attached hydrogen (secondary N) is 1. The van der Waals surface area contributed by atoms with Crippen LogP contribution in [-0.2, 0) is 9.59 Å². The third kappa shape index (κ3) is 7.66. The van der Waals surface area contributed by atoms with E-state index in [1.807, 2.05) is 23.9 Å². The first-order valence-corrected chi connectivity index (χ1v) is 10.7. The van der Waals surface area contributed by atoms with Crippen molar-refractivity contribution in [2.75, 3.05) is 58.2 Å². The van der Waals surface area contributed by atoms with Crippen LogP contribution >= 0.6 is 11.9 Å². The highest BCUT2D eigenvalue weighted by molar-refractivity contribution is 7.97. The fraction of sp³-hybridized carbons (Fsp3) is 0.524. The number of carbonyl (C=O) groups is 2. The van der Waals surface area contributed by atoms with E-state index in [1.165, 1.54) is 30.2 Å². The van der Waals surface area contributed by atoms with E-state index in [1.54, 1.807) is 0 Å². The molecule has 1 aromatic carbocycles. The molecule has 28 heavy (non-hydrogen) atoms. The molecule has 0 bridgehead atoms. The maximum atomic E-state index is 12.4. The Morgan fingerprint density at radius 1 is 1.07 bits per heavy atom. The lowest BCUT2D eigenvalue weighted by Crippen LogP contribution is -2.49. The maximum Gasteiger partial charge on any atom is 0.236 e. The van der Waals surface area contributed by atoms with Gasteiger partial charge in [0, 0.05) is 56.9 Å². The van der Waals surface area contributed by atoms with Gasteiger partial charge in [-0.2, -0.15) is 0 Å². The van der Waals surface area contributed by atoms with Gasteiger partial charge >= 0.3 is 0 Å². The largest absolute Gasteiger partial charge is 0.388 e. The summed E-state index contributed by atoms with van der Waals surface area (Å²) < 4.78 is 2.40. The van der Waals surface area contributed by atoms with Gasteiger partial charge < -0.3 is 10.2 Å². The molecule has 0 spiro atoms. The van der Waals surface area contributed by atoms with E-state index in [2.05, 4.69) is 45.4 Å². The summed E-state index contributed by atoms with van der Waals surface area (Å²) in [6.07, 6.45) is 5.44. The average Bonchev–Trinajstić information content (AvgIpc) is 2.76. The summed E-state index contributed by atoms with van der Waals surface area (Å²) in [5, 5.41) is 3.14. The van der Waals surface area contributed by atoms with E-state index >= 15 is 0 Å². The summed E-state index contributed by atoms with van der Waals surface area (Å²) in [6, 6.07) is 8.53. The molecule has 2 aliphatic heterocycles. The number of anilines is 1. The van der Waals surface area contributed by atoms with Crippen LogP contribution in [0.2, 0.25) is 0 Å². The zero-order valence-electron chi connectivity index (χ0n) is 16.8. The molecule has 0 unspecified atom stereocenters. The summed E-state index contributed by atoms with van der Waals surface area (Å²) in [7, 11) is 1.94. The average molecular weight is 405 g/mol. The molecule has 1 amide bonds. The second-order valence-electron chi connectivity index (χ2n) is 6.88. The number of carbonyl (C=O) groups excluding carboxylic acids is 2. The monoisotopic (exact) mass is 404 g/mol. The van der Waals surface area contributed by atoms with Crippen LogP contribution in [0.5, 0.6) is 0 Å². The van der Waals surface area contributed by atoms with Gasteiger partial charge in [0.25, 0.3) is 0 Å². The zero-order chi connectivity index (χ0) is 20.2. The number of piperidine rings is 1. The normalized spacial score (nSPS) is 18.0. The Morgan fingerprint density at radius 2 is 1.68 bits per heavy atom. The molecule has 3 rings (SSSR count). The van der Waals surface area contributed by atoms with Crippen LogP contribution in [-0.4, -0.2) is 79.2 Å². The van der Waals surface area contributed by atoms with Crippen molar-refractivity contribution in [2.45, 2.75) is 24.2 Å². The minimum Gasteiger partial charge on any atom is -0.388 e. The third-order valence-electron chi connectivity index (χ3n) is 4.87. The van der Waals surface area contributed by atoms with Gasteiger partial charge in [0.05, 0.1) is 6.54 Å². The van der Waals surface area contributed by atoms with Crippen LogP contribution in [0.4, 0.5) is 5.69 Å². The number of amides is 1. The zero-order valence-corrected chi connectivity index (χ0v) is 17.6. The Bertz CT molecular complexity index is 603. The van der Waals surface area contributed by atoms with Crippen LogP contribution in [0, 0.1) is 0 Å². The number of hydrogen-bond donors (Lipinski definition) is 1. The van der Waals surface area contributed by atoms with Crippen molar-refractivity contribution in [1.29, 1.82) is 0 Å². The second-order valence-corrected chi connectivity index (χ2v) is 8.05. The van der Waals surface area contributed by atoms with Gasteiger partial charge in [-0.1, -0.05) is 6.58 Å². The van der Waals surface area contributed by atoms with Crippen LogP contribution in [0.1, 0.15) is 19.3 Å². The lowest BCUT2D eigenvalue weighted by Gasteiger charge is -2.35. The topological polar surface area (TPSA) is 55.9 Å². The first-order chi connectivity index (χ1) is 13.7. The van der Waals surface area contributed by atoms with E-state index in [9.17, 15) is 4.79 Å². The van der Waals surface area contributed by atoms with E-state index in [4.69, 9.17) is 4.79 Å². The summed E-state index contributed by atoms with van der Waals surface area (Å²) in [4.78, 5) is 27.0. The first-order valence-electron chi connectivity index (χ1n) is 9.93. The number of nitrogens with zero attached hydrogens (tertiary/aromatic N) is 3. The summed E-state index contributed by atoms with van der Waals surface area (Å²) >= 11 is 1.82. The molecule has 0 radical (unpaired) electrons. The molecule has 2 fully saturated rings. The highest BCUT2D eigenvalue weighted by Crippen LogP contribution is 2.25. The van der Waals surface area contributed by atoms with Gasteiger partial charge in [-0.05, 0) is 61.6 Å². The molecule has 1 aromatic rings. The molecule has 2 saturated heterocycles. The lowest BCUT2D eigenvalue weighted by atomic mass is 10.1. The predicted octanol–water partition coefficient (Wildman–Crippen LogP) is 2.74. The fourth-order valence-corrected chi connectivity index (χ4v) is 4.15. The Balaban J connectivity index is 0.000000640. The van der Waals surface area contributed by atoms with Gasteiger partial charge in [0.15, 0.2) is 0 Å². The van der Waals surface area contributed by atoms with Crippen molar-refractivity contribution >= 4 is 29.8 Å². The van der Waals surface area contributed by atoms with Crippen molar-refractivity contribution in [3.05, 3.63) is 36.9 Å². The van der Waals surface area contributed by atoms with E-state index < -0.39 is 0 Å². The number of allylic oxidation sites excluding steroid dienone is 1. The van der Waals surface area contributed by atoms with E-state index in [-0.39, 0.29) is 0 Å². The molecule has 0 aromatic heterocycles. The van der Waals surface area contributed by atoms with Crippen molar-refractivity contribution in [1.82, 2.24) is 14.1 Å². The number of piperazine rings is 1. The maximum absolute atomic E-state index is 12.4. The van der Waals surface area contributed by atoms with Crippen LogP contribution in [0.3, 0.4) is 0 Å². The van der Waals surface area contributed by atoms with Crippen molar-refractivity contribution in [3.8, 4) is 0 Å². The summed E-state index contributed by atoms with van der Waals surface area (Å²) in [6.45, 7) is 9.57. The van der Waals surface area contributed by atoms with Crippen molar-refractivity contribution < 1.29 is 9.59 Å². The number of rotatable bonds is 6. The van der Waals surface area contributed by atoms with Gasteiger partial charge in [-0.3, -0.25) is 14.5 Å². The lowest BCUT2D eigenvalue weighted by molar-refractivity contribution is -0.133. The van der Waals surface area contributed by atoms with E-state index in [0.29, 0.717) is 18.7 Å². The SMILES string of the molecule is C=CC=O.CNc1ccc(SN2CCN(CC(=O)N3CCCCC3)CC2)cc1. The molecular formula is C21H32N4O2S. The molecule has 6 nitrogen and oxygen atoms in total. The molecule has 2 heterocycles. The molecule has 0 aliphatic carbocycles. The third-order valence-corrected chi connectivity index (χ3v) is 5.98. The molecule has 7 heteroatoms. The minimum atomic E-state index is 0.318. The van der Waals surface area contributed by atoms with Gasteiger partial charge in [-0.15, -0.1) is 0 Å². The quantitative estimate of drug-likeness (QED) is 0.447. The van der Waals surface area contributed by atoms with Crippen molar-refractivity contribution in [3.63, 3.8) is 0 Å². The standard InChI is InChI=1S/C18H28N4OS.C3H4O/c1-19-16-5-7-17(8-6-16)24-22-13-11-20(12-14-22)15-18(23)21-9-3-2-4-10-21;1-2-3-4/h5-8,19H,2-4,9-15H2,1H3;2-3H,1H2. The summed E-state index contributed by atoms with van der Waals surface area (Å²) in [5.41, 5.74) is 1.14. The fourth-order valence-electron chi connectivity index (χ4n) is 3.25. The van der Waals surface area contributed by atoms with Crippen molar-refractivity contribution in [2.24, 2.45) is 0 Å². The summed E-state index contributed by atoms with van der Waals surface area (Å²) in [5.74, 6) is 0.318. The highest BCUT2D eigenvalue weighted by Gasteiger charge is 2.23. The second kappa shape index (κ2) is 12.6. The first kappa shape index (κ1) is 22.5. The minimum absolute atomic E-state index is 0.318. The Labute approximate surface area is 173 Å². The van der Waals surface area contributed by atoms with Gasteiger partial charge in [0.2, 0.25) is 5.91 Å². The number of hydrogen-bond acceptors (Lipinski definition) is 6. The van der Waals surface area contributed by atoms with E-state index in [0.717, 1.165) is 45.0 Å². The molecule has 154 valence electrons. The predicted molar refractivity (Wildman–Crippen MR) is 117 cm³/mol. The van der Waals surface area contributed by atoms with Gasteiger partial charge in [-0.25, -0.2) is 4.31 Å². The Morgan fingerprint density at radius 3 is 2.21 bits per heavy atom.